The standard InChI is InChI=1S/C20H23N3O3/c1-14(26-20(2,3)4)6-7-15-8-9-18(22-11-15)23-19(24)16-10-17(25-5)13-21-12-16/h6-13H,1H2,2-5H3,(H,22,23,24)/b7-6+. The molecule has 136 valence electrons. The Labute approximate surface area is 153 Å². The van der Waals surface area contributed by atoms with E-state index in [9.17, 15) is 4.79 Å². The zero-order valence-corrected chi connectivity index (χ0v) is 15.4. The van der Waals surface area contributed by atoms with Gasteiger partial charge in [0.1, 0.15) is 22.9 Å². The van der Waals surface area contributed by atoms with Crippen molar-refractivity contribution < 1.29 is 14.3 Å². The zero-order chi connectivity index (χ0) is 19.2. The minimum Gasteiger partial charge on any atom is -0.495 e. The van der Waals surface area contributed by atoms with Crippen molar-refractivity contribution in [1.29, 1.82) is 0 Å². The molecule has 0 aromatic carbocycles. The molecule has 0 fully saturated rings. The van der Waals surface area contributed by atoms with E-state index in [1.165, 1.54) is 19.5 Å². The van der Waals surface area contributed by atoms with Crippen LogP contribution in [0.1, 0.15) is 36.7 Å². The molecular weight excluding hydrogens is 330 g/mol. The Hall–Kier alpha value is -3.15. The maximum Gasteiger partial charge on any atom is 0.258 e. The van der Waals surface area contributed by atoms with E-state index in [0.29, 0.717) is 22.9 Å². The molecule has 0 unspecified atom stereocenters. The van der Waals surface area contributed by atoms with Crippen LogP contribution < -0.4 is 10.1 Å². The fraction of sp³-hybridized carbons (Fsp3) is 0.250. The van der Waals surface area contributed by atoms with Gasteiger partial charge in [0.05, 0.1) is 18.9 Å². The number of hydrogen-bond donors (Lipinski definition) is 1. The first-order valence-electron chi connectivity index (χ1n) is 8.09. The summed E-state index contributed by atoms with van der Waals surface area (Å²) in [7, 11) is 1.52. The number of allylic oxidation sites excluding steroid dienone is 1. The van der Waals surface area contributed by atoms with Crippen molar-refractivity contribution in [2.24, 2.45) is 0 Å². The predicted octanol–water partition coefficient (Wildman–Crippen LogP) is 4.08. The third kappa shape index (κ3) is 6.05. The molecule has 0 atom stereocenters. The molecule has 2 rings (SSSR count). The number of amides is 1. The maximum atomic E-state index is 12.2. The van der Waals surface area contributed by atoms with E-state index >= 15 is 0 Å². The number of ether oxygens (including phenoxy) is 2. The highest BCUT2D eigenvalue weighted by molar-refractivity contribution is 6.03. The minimum atomic E-state index is -0.306. The molecule has 6 heteroatoms. The van der Waals surface area contributed by atoms with E-state index in [-0.39, 0.29) is 11.5 Å². The van der Waals surface area contributed by atoms with E-state index < -0.39 is 0 Å². The fourth-order valence-electron chi connectivity index (χ4n) is 2.04. The fourth-order valence-corrected chi connectivity index (χ4v) is 2.04. The highest BCUT2D eigenvalue weighted by atomic mass is 16.5. The van der Waals surface area contributed by atoms with E-state index in [1.54, 1.807) is 24.4 Å². The number of anilines is 1. The summed E-state index contributed by atoms with van der Waals surface area (Å²) < 4.78 is 10.7. The third-order valence-electron chi connectivity index (χ3n) is 3.14. The molecule has 1 amide bonds. The van der Waals surface area contributed by atoms with E-state index in [2.05, 4.69) is 21.9 Å². The zero-order valence-electron chi connectivity index (χ0n) is 15.4. The lowest BCUT2D eigenvalue weighted by atomic mass is 10.2. The van der Waals surface area contributed by atoms with Gasteiger partial charge in [-0.05, 0) is 56.7 Å². The van der Waals surface area contributed by atoms with Crippen molar-refractivity contribution in [3.05, 3.63) is 66.3 Å². The Balaban J connectivity index is 1.98. The van der Waals surface area contributed by atoms with Crippen LogP contribution in [0, 0.1) is 0 Å². The summed E-state index contributed by atoms with van der Waals surface area (Å²) in [5.74, 6) is 1.23. The number of hydrogen-bond acceptors (Lipinski definition) is 5. The van der Waals surface area contributed by atoms with Crippen molar-refractivity contribution >= 4 is 17.8 Å². The summed E-state index contributed by atoms with van der Waals surface area (Å²) in [4.78, 5) is 20.4. The summed E-state index contributed by atoms with van der Waals surface area (Å²) in [5, 5.41) is 2.72. The van der Waals surface area contributed by atoms with Crippen LogP contribution in [0.3, 0.4) is 0 Å². The molecule has 0 aliphatic heterocycles. The summed E-state index contributed by atoms with van der Waals surface area (Å²) in [6, 6.07) is 5.17. The monoisotopic (exact) mass is 353 g/mol. The van der Waals surface area contributed by atoms with Crippen LogP contribution in [-0.4, -0.2) is 28.6 Å². The number of nitrogens with one attached hydrogen (secondary N) is 1. The summed E-state index contributed by atoms with van der Waals surface area (Å²) in [6.07, 6.45) is 8.28. The molecule has 0 bridgehead atoms. The second-order valence-electron chi connectivity index (χ2n) is 6.56. The Morgan fingerprint density at radius 2 is 2.00 bits per heavy atom. The first-order chi connectivity index (χ1) is 12.3. The average molecular weight is 353 g/mol. The van der Waals surface area contributed by atoms with Gasteiger partial charge in [-0.2, -0.15) is 0 Å². The lowest BCUT2D eigenvalue weighted by Crippen LogP contribution is -2.17. The van der Waals surface area contributed by atoms with Crippen molar-refractivity contribution in [3.63, 3.8) is 0 Å². The lowest BCUT2D eigenvalue weighted by Gasteiger charge is -2.21. The van der Waals surface area contributed by atoms with Crippen LogP contribution in [0.5, 0.6) is 5.75 Å². The Morgan fingerprint density at radius 3 is 2.62 bits per heavy atom. The normalized spacial score (nSPS) is 11.2. The number of methoxy groups -OCH3 is 1. The van der Waals surface area contributed by atoms with Gasteiger partial charge in [-0.25, -0.2) is 4.98 Å². The third-order valence-corrected chi connectivity index (χ3v) is 3.14. The Kier molecular flexibility index (Phi) is 6.11. The van der Waals surface area contributed by atoms with Gasteiger partial charge in [0, 0.05) is 12.4 Å². The summed E-state index contributed by atoms with van der Waals surface area (Å²) in [5.41, 5.74) is 0.971. The van der Waals surface area contributed by atoms with Gasteiger partial charge in [0.2, 0.25) is 0 Å². The second kappa shape index (κ2) is 8.29. The number of carbonyl (C=O) groups is 1. The van der Waals surface area contributed by atoms with Crippen molar-refractivity contribution in [1.82, 2.24) is 9.97 Å². The van der Waals surface area contributed by atoms with Crippen LogP contribution in [-0.2, 0) is 4.74 Å². The lowest BCUT2D eigenvalue weighted by molar-refractivity contribution is 0.0610. The second-order valence-corrected chi connectivity index (χ2v) is 6.56. The van der Waals surface area contributed by atoms with Crippen molar-refractivity contribution in [2.75, 3.05) is 12.4 Å². The number of rotatable bonds is 6. The molecule has 26 heavy (non-hydrogen) atoms. The molecular formula is C20H23N3O3. The van der Waals surface area contributed by atoms with Gasteiger partial charge < -0.3 is 14.8 Å². The summed E-state index contributed by atoms with van der Waals surface area (Å²) in [6.45, 7) is 9.74. The highest BCUT2D eigenvalue weighted by Gasteiger charge is 2.11. The van der Waals surface area contributed by atoms with Crippen LogP contribution >= 0.6 is 0 Å². The smallest absolute Gasteiger partial charge is 0.258 e. The Bertz CT molecular complexity index is 806. The molecule has 0 aliphatic rings. The SMILES string of the molecule is C=C(/C=C/c1ccc(NC(=O)c2cncc(OC)c2)nc1)OC(C)(C)C. The molecule has 0 radical (unpaired) electrons. The first-order valence-corrected chi connectivity index (χ1v) is 8.09. The molecule has 2 aromatic rings. The van der Waals surface area contributed by atoms with Crippen LogP contribution in [0.4, 0.5) is 5.82 Å². The topological polar surface area (TPSA) is 73.3 Å². The van der Waals surface area contributed by atoms with Crippen molar-refractivity contribution in [3.8, 4) is 5.75 Å². The van der Waals surface area contributed by atoms with Crippen LogP contribution in [0.15, 0.2) is 55.2 Å². The van der Waals surface area contributed by atoms with Gasteiger partial charge in [-0.3, -0.25) is 9.78 Å². The molecule has 0 spiro atoms. The van der Waals surface area contributed by atoms with E-state index in [0.717, 1.165) is 5.56 Å². The molecule has 2 aromatic heterocycles. The maximum absolute atomic E-state index is 12.2. The largest absolute Gasteiger partial charge is 0.495 e. The predicted molar refractivity (Wildman–Crippen MR) is 102 cm³/mol. The van der Waals surface area contributed by atoms with Crippen molar-refractivity contribution in [2.45, 2.75) is 26.4 Å². The van der Waals surface area contributed by atoms with Gasteiger partial charge in [-0.15, -0.1) is 0 Å². The molecule has 6 nitrogen and oxygen atoms in total. The summed E-state index contributed by atoms with van der Waals surface area (Å²) >= 11 is 0. The highest BCUT2D eigenvalue weighted by Crippen LogP contribution is 2.15. The number of nitrogens with zero attached hydrogens (tertiary/aromatic N) is 2. The first kappa shape index (κ1) is 19.2. The number of pyridine rings is 2. The van der Waals surface area contributed by atoms with Crippen LogP contribution in [0.2, 0.25) is 0 Å². The molecule has 0 saturated heterocycles. The van der Waals surface area contributed by atoms with E-state index in [1.807, 2.05) is 32.9 Å². The van der Waals surface area contributed by atoms with E-state index in [4.69, 9.17) is 9.47 Å². The molecule has 0 saturated carbocycles. The van der Waals surface area contributed by atoms with Gasteiger partial charge >= 0.3 is 0 Å². The quantitative estimate of drug-likeness (QED) is 0.626. The molecule has 2 heterocycles. The number of aromatic nitrogens is 2. The minimum absolute atomic E-state index is 0.289. The Morgan fingerprint density at radius 1 is 1.23 bits per heavy atom. The molecule has 0 aliphatic carbocycles. The number of carbonyl (C=O) groups excluding carboxylic acids is 1. The van der Waals surface area contributed by atoms with Gasteiger partial charge in [-0.1, -0.05) is 6.58 Å². The average Bonchev–Trinajstić information content (AvgIpc) is 2.59. The molecule has 1 N–H and O–H groups in total. The van der Waals surface area contributed by atoms with Crippen LogP contribution in [0.25, 0.3) is 6.08 Å². The van der Waals surface area contributed by atoms with Gasteiger partial charge in [0.15, 0.2) is 0 Å². The van der Waals surface area contributed by atoms with Gasteiger partial charge in [0.25, 0.3) is 5.91 Å².